The van der Waals surface area contributed by atoms with E-state index in [1.54, 1.807) is 6.07 Å². The van der Waals surface area contributed by atoms with Gasteiger partial charge in [-0.1, -0.05) is 25.4 Å². The Hall–Kier alpha value is -0.730. The Morgan fingerprint density at radius 1 is 1.38 bits per heavy atom. The Balaban J connectivity index is 3.18. The van der Waals surface area contributed by atoms with Crippen LogP contribution in [-0.2, 0) is 0 Å². The van der Waals surface area contributed by atoms with Gasteiger partial charge in [0.15, 0.2) is 0 Å². The number of rotatable bonds is 4. The molecule has 0 heterocycles. The van der Waals surface area contributed by atoms with E-state index in [4.69, 9.17) is 17.3 Å². The van der Waals surface area contributed by atoms with E-state index in [1.165, 1.54) is 0 Å². The molecule has 1 rings (SSSR count). The van der Waals surface area contributed by atoms with Crippen molar-refractivity contribution in [1.82, 2.24) is 0 Å². The number of aromatic hydroxyl groups is 1. The van der Waals surface area contributed by atoms with Crippen molar-refractivity contribution in [2.24, 2.45) is 11.7 Å². The predicted octanol–water partition coefficient (Wildman–Crippen LogP) is 3.44. The molecule has 1 aromatic carbocycles. The van der Waals surface area contributed by atoms with Gasteiger partial charge in [0.1, 0.15) is 5.75 Å². The number of hydrogen-bond donors (Lipinski definition) is 2. The zero-order valence-corrected chi connectivity index (χ0v) is 10.9. The molecule has 0 spiro atoms. The van der Waals surface area contributed by atoms with E-state index in [-0.39, 0.29) is 11.7 Å². The number of phenols is 1. The van der Waals surface area contributed by atoms with E-state index < -0.39 is 0 Å². The Bertz CT molecular complexity index is 340. The molecule has 16 heavy (non-hydrogen) atoms. The zero-order chi connectivity index (χ0) is 12.3. The van der Waals surface area contributed by atoms with Crippen molar-refractivity contribution in [3.8, 4) is 5.75 Å². The quantitative estimate of drug-likeness (QED) is 0.848. The van der Waals surface area contributed by atoms with Gasteiger partial charge in [0.25, 0.3) is 0 Å². The Labute approximate surface area is 102 Å². The van der Waals surface area contributed by atoms with Gasteiger partial charge in [-0.2, -0.15) is 0 Å². The van der Waals surface area contributed by atoms with E-state index in [0.717, 1.165) is 17.5 Å². The number of hydrogen-bond acceptors (Lipinski definition) is 2. The van der Waals surface area contributed by atoms with Crippen LogP contribution in [0, 0.1) is 12.8 Å². The Kier molecular flexibility index (Phi) is 4.63. The van der Waals surface area contributed by atoms with E-state index in [2.05, 4.69) is 13.8 Å². The van der Waals surface area contributed by atoms with Gasteiger partial charge in [0, 0.05) is 10.6 Å². The summed E-state index contributed by atoms with van der Waals surface area (Å²) in [6.07, 6.45) is 0.841. The van der Waals surface area contributed by atoms with Crippen molar-refractivity contribution in [3.63, 3.8) is 0 Å². The van der Waals surface area contributed by atoms with Gasteiger partial charge in [-0.3, -0.25) is 0 Å². The highest BCUT2D eigenvalue weighted by Crippen LogP contribution is 2.39. The third-order valence-electron chi connectivity index (χ3n) is 2.91. The molecule has 90 valence electrons. The van der Waals surface area contributed by atoms with Crippen LogP contribution in [-0.4, -0.2) is 11.7 Å². The summed E-state index contributed by atoms with van der Waals surface area (Å²) in [6, 6.07) is 3.65. The molecule has 0 saturated heterocycles. The normalized spacial score (nSPS) is 13.1. The van der Waals surface area contributed by atoms with Crippen LogP contribution in [0.4, 0.5) is 0 Å². The summed E-state index contributed by atoms with van der Waals surface area (Å²) in [5.74, 6) is 0.921. The highest BCUT2D eigenvalue weighted by atomic mass is 35.5. The maximum absolute atomic E-state index is 9.99. The van der Waals surface area contributed by atoms with Crippen LogP contribution in [0.1, 0.15) is 37.3 Å². The van der Waals surface area contributed by atoms with E-state index in [1.807, 2.05) is 13.0 Å². The summed E-state index contributed by atoms with van der Waals surface area (Å²) >= 11 is 6.21. The van der Waals surface area contributed by atoms with Crippen LogP contribution in [0.15, 0.2) is 12.1 Å². The van der Waals surface area contributed by atoms with Crippen molar-refractivity contribution in [2.75, 3.05) is 6.54 Å². The maximum atomic E-state index is 9.99. The average molecular weight is 242 g/mol. The molecule has 0 amide bonds. The standard InChI is InChI=1S/C13H20ClNO/c1-8(2)10(4-5-15)13-11(14)6-9(3)7-12(13)16/h6-8,10,16H,4-5,15H2,1-3H3. The minimum Gasteiger partial charge on any atom is -0.508 e. The van der Waals surface area contributed by atoms with Crippen LogP contribution in [0.5, 0.6) is 5.75 Å². The summed E-state index contributed by atoms with van der Waals surface area (Å²) in [5.41, 5.74) is 7.42. The van der Waals surface area contributed by atoms with Crippen LogP contribution in [0.25, 0.3) is 0 Å². The Morgan fingerprint density at radius 3 is 2.44 bits per heavy atom. The van der Waals surface area contributed by atoms with Gasteiger partial charge in [-0.05, 0) is 49.4 Å². The minimum absolute atomic E-state index is 0.220. The second kappa shape index (κ2) is 5.55. The average Bonchev–Trinajstić information content (AvgIpc) is 2.14. The van der Waals surface area contributed by atoms with Crippen LogP contribution >= 0.6 is 11.6 Å². The topological polar surface area (TPSA) is 46.2 Å². The molecule has 2 nitrogen and oxygen atoms in total. The number of nitrogens with two attached hydrogens (primary N) is 1. The van der Waals surface area contributed by atoms with Crippen LogP contribution < -0.4 is 5.73 Å². The molecule has 0 aliphatic carbocycles. The first kappa shape index (κ1) is 13.3. The number of benzene rings is 1. The van der Waals surface area contributed by atoms with Crippen LogP contribution in [0.2, 0.25) is 5.02 Å². The van der Waals surface area contributed by atoms with Crippen LogP contribution in [0.3, 0.4) is 0 Å². The lowest BCUT2D eigenvalue weighted by molar-refractivity contribution is 0.425. The van der Waals surface area contributed by atoms with E-state index in [0.29, 0.717) is 17.5 Å². The fourth-order valence-electron chi connectivity index (χ4n) is 2.09. The molecule has 0 radical (unpaired) electrons. The molecule has 0 aliphatic heterocycles. The van der Waals surface area contributed by atoms with Gasteiger partial charge in [0.2, 0.25) is 0 Å². The van der Waals surface area contributed by atoms with Crippen molar-refractivity contribution in [3.05, 3.63) is 28.3 Å². The van der Waals surface area contributed by atoms with Crippen molar-refractivity contribution >= 4 is 11.6 Å². The second-order valence-corrected chi connectivity index (χ2v) is 5.01. The predicted molar refractivity (Wildman–Crippen MR) is 69.1 cm³/mol. The van der Waals surface area contributed by atoms with Gasteiger partial charge in [0.05, 0.1) is 0 Å². The number of halogens is 1. The molecule has 3 N–H and O–H groups in total. The summed E-state index contributed by atoms with van der Waals surface area (Å²) in [5, 5.41) is 10.6. The second-order valence-electron chi connectivity index (χ2n) is 4.61. The van der Waals surface area contributed by atoms with Gasteiger partial charge >= 0.3 is 0 Å². The lowest BCUT2D eigenvalue weighted by Gasteiger charge is -2.23. The lowest BCUT2D eigenvalue weighted by Crippen LogP contribution is -2.13. The van der Waals surface area contributed by atoms with Crippen molar-refractivity contribution < 1.29 is 5.11 Å². The molecule has 0 fully saturated rings. The lowest BCUT2D eigenvalue weighted by atomic mass is 9.85. The summed E-state index contributed by atoms with van der Waals surface area (Å²) in [6.45, 7) is 6.76. The molecule has 0 bridgehead atoms. The van der Waals surface area contributed by atoms with Gasteiger partial charge in [-0.15, -0.1) is 0 Å². The molecule has 0 saturated carbocycles. The fraction of sp³-hybridized carbons (Fsp3) is 0.538. The zero-order valence-electron chi connectivity index (χ0n) is 10.1. The highest BCUT2D eigenvalue weighted by Gasteiger charge is 2.21. The van der Waals surface area contributed by atoms with Gasteiger partial charge < -0.3 is 10.8 Å². The minimum atomic E-state index is 0.220. The first-order chi connectivity index (χ1) is 7.47. The van der Waals surface area contributed by atoms with Gasteiger partial charge in [-0.25, -0.2) is 0 Å². The molecule has 0 aliphatic rings. The molecule has 0 aromatic heterocycles. The number of phenolic OH excluding ortho intramolecular Hbond substituents is 1. The molecular formula is C13H20ClNO. The Morgan fingerprint density at radius 2 is 2.00 bits per heavy atom. The summed E-state index contributed by atoms with van der Waals surface area (Å²) < 4.78 is 0. The van der Waals surface area contributed by atoms with E-state index in [9.17, 15) is 5.11 Å². The van der Waals surface area contributed by atoms with E-state index >= 15 is 0 Å². The van der Waals surface area contributed by atoms with Crippen molar-refractivity contribution in [2.45, 2.75) is 33.1 Å². The molecule has 1 atom stereocenters. The smallest absolute Gasteiger partial charge is 0.120 e. The summed E-state index contributed by atoms with van der Waals surface area (Å²) in [4.78, 5) is 0. The highest BCUT2D eigenvalue weighted by molar-refractivity contribution is 6.31. The fourth-order valence-corrected chi connectivity index (χ4v) is 2.50. The maximum Gasteiger partial charge on any atom is 0.120 e. The molecule has 1 unspecified atom stereocenters. The molecule has 3 heteroatoms. The largest absolute Gasteiger partial charge is 0.508 e. The van der Waals surface area contributed by atoms with Crippen molar-refractivity contribution in [1.29, 1.82) is 0 Å². The molecule has 1 aromatic rings. The third kappa shape index (κ3) is 2.89. The molecular weight excluding hydrogens is 222 g/mol. The summed E-state index contributed by atoms with van der Waals surface area (Å²) in [7, 11) is 0. The first-order valence-corrected chi connectivity index (χ1v) is 6.04. The SMILES string of the molecule is Cc1cc(O)c(C(CCN)C(C)C)c(Cl)c1. The third-order valence-corrected chi connectivity index (χ3v) is 3.22. The number of aryl methyl sites for hydroxylation is 1. The monoisotopic (exact) mass is 241 g/mol. The first-order valence-electron chi connectivity index (χ1n) is 5.66.